The molecule has 9 nitrogen and oxygen atoms in total. The van der Waals surface area contributed by atoms with Crippen LogP contribution in [0, 0.1) is 0 Å². The number of nitrogens with zero attached hydrogens (tertiary/aromatic N) is 1. The molecule has 0 aromatic carbocycles. The van der Waals surface area contributed by atoms with Crippen LogP contribution in [0.3, 0.4) is 0 Å². The number of phosphoric ester groups is 1. The number of carbonyl (C=O) groups excluding carboxylic acids is 2. The topological polar surface area (TPSA) is 111 Å². The Morgan fingerprint density at radius 2 is 0.983 bits per heavy atom. The lowest BCUT2D eigenvalue weighted by atomic mass is 10.0. The molecule has 0 N–H and O–H groups in total. The van der Waals surface area contributed by atoms with Gasteiger partial charge >= 0.3 is 11.9 Å². The fourth-order valence-corrected chi connectivity index (χ4v) is 6.83. The first-order valence-electron chi connectivity index (χ1n) is 23.1. The standard InChI is InChI=1S/C48H86NO8P/c1-6-8-10-12-14-16-18-20-21-22-23-24-25-26-27-29-30-32-34-36-38-40-47(50)54-44-46(45-56-58(52,53)55-43-42-49(3,4)5)57-48(51)41-39-37-35-33-31-28-19-17-15-13-11-9-7-2/h9,11,13,15,17,19,28,31,33,35,46H,6-8,10,12,14,16,18,20-27,29-30,32,34,36-45H2,1-5H3/b11-9+,15-13+,19-17+,31-28+,35-33+. The van der Waals surface area contributed by atoms with Gasteiger partial charge in [-0.2, -0.15) is 0 Å². The van der Waals surface area contributed by atoms with Crippen molar-refractivity contribution in [2.75, 3.05) is 47.5 Å². The number of allylic oxidation sites excluding steroid dienone is 10. The van der Waals surface area contributed by atoms with Crippen molar-refractivity contribution in [1.82, 2.24) is 0 Å². The maximum Gasteiger partial charge on any atom is 0.306 e. The Balaban J connectivity index is 4.31. The van der Waals surface area contributed by atoms with Gasteiger partial charge in [0.2, 0.25) is 0 Å². The van der Waals surface area contributed by atoms with E-state index >= 15 is 0 Å². The van der Waals surface area contributed by atoms with E-state index in [0.29, 0.717) is 23.9 Å². The molecule has 0 saturated carbocycles. The Morgan fingerprint density at radius 3 is 1.45 bits per heavy atom. The van der Waals surface area contributed by atoms with Crippen LogP contribution in [-0.4, -0.2) is 70.0 Å². The maximum absolute atomic E-state index is 12.6. The summed E-state index contributed by atoms with van der Waals surface area (Å²) < 4.78 is 33.8. The highest BCUT2D eigenvalue weighted by atomic mass is 31.2. The molecule has 0 saturated heterocycles. The van der Waals surface area contributed by atoms with Gasteiger partial charge in [-0.1, -0.05) is 203 Å². The van der Waals surface area contributed by atoms with Crippen molar-refractivity contribution in [1.29, 1.82) is 0 Å². The highest BCUT2D eigenvalue weighted by Gasteiger charge is 2.21. The maximum atomic E-state index is 12.6. The van der Waals surface area contributed by atoms with Crippen molar-refractivity contribution >= 4 is 19.8 Å². The van der Waals surface area contributed by atoms with E-state index in [1.807, 2.05) is 75.8 Å². The van der Waals surface area contributed by atoms with Gasteiger partial charge in [0.1, 0.15) is 19.8 Å². The minimum atomic E-state index is -4.64. The van der Waals surface area contributed by atoms with Crippen LogP contribution < -0.4 is 4.89 Å². The van der Waals surface area contributed by atoms with Crippen LogP contribution in [-0.2, 0) is 32.7 Å². The van der Waals surface area contributed by atoms with E-state index in [1.54, 1.807) is 0 Å². The number of likely N-dealkylation sites (N-methyl/N-ethyl adjacent to an activating group) is 1. The second kappa shape index (κ2) is 40.1. The second-order valence-electron chi connectivity index (χ2n) is 16.5. The zero-order valence-electron chi connectivity index (χ0n) is 37.7. The Hall–Kier alpha value is -2.29. The molecule has 2 atom stereocenters. The number of hydrogen-bond acceptors (Lipinski definition) is 8. The molecule has 0 rings (SSSR count). The number of esters is 2. The number of rotatable bonds is 41. The number of quaternary nitrogens is 1. The lowest BCUT2D eigenvalue weighted by Crippen LogP contribution is -2.37. The Morgan fingerprint density at radius 1 is 0.552 bits per heavy atom. The third-order valence-electron chi connectivity index (χ3n) is 9.68. The monoisotopic (exact) mass is 836 g/mol. The molecule has 0 fully saturated rings. The highest BCUT2D eigenvalue weighted by Crippen LogP contribution is 2.38. The largest absolute Gasteiger partial charge is 0.756 e. The van der Waals surface area contributed by atoms with Crippen LogP contribution in [0.1, 0.15) is 181 Å². The fourth-order valence-electron chi connectivity index (χ4n) is 6.10. The van der Waals surface area contributed by atoms with E-state index in [4.69, 9.17) is 18.5 Å². The Bertz CT molecular complexity index is 1170. The average molecular weight is 836 g/mol. The van der Waals surface area contributed by atoms with Crippen molar-refractivity contribution in [3.05, 3.63) is 60.8 Å². The average Bonchev–Trinajstić information content (AvgIpc) is 3.17. The highest BCUT2D eigenvalue weighted by molar-refractivity contribution is 7.45. The molecule has 0 aromatic rings. The molecule has 336 valence electrons. The van der Waals surface area contributed by atoms with Crippen LogP contribution in [0.2, 0.25) is 0 Å². The lowest BCUT2D eigenvalue weighted by Gasteiger charge is -2.28. The predicted octanol–water partition coefficient (Wildman–Crippen LogP) is 12.6. The van der Waals surface area contributed by atoms with Gasteiger partial charge < -0.3 is 27.9 Å². The van der Waals surface area contributed by atoms with Crippen LogP contribution in [0.5, 0.6) is 0 Å². The molecule has 2 unspecified atom stereocenters. The molecule has 0 aliphatic heterocycles. The molecule has 0 aliphatic rings. The van der Waals surface area contributed by atoms with Crippen LogP contribution >= 0.6 is 7.82 Å². The molecule has 0 radical (unpaired) electrons. The number of unbranched alkanes of at least 4 members (excludes halogenated alkanes) is 21. The summed E-state index contributed by atoms with van der Waals surface area (Å²) in [6.45, 7) is 4.00. The summed E-state index contributed by atoms with van der Waals surface area (Å²) in [6, 6.07) is 0. The molecule has 0 aliphatic carbocycles. The van der Waals surface area contributed by atoms with Crippen molar-refractivity contribution in [2.45, 2.75) is 187 Å². The summed E-state index contributed by atoms with van der Waals surface area (Å²) in [4.78, 5) is 37.5. The number of phosphoric acid groups is 1. The van der Waals surface area contributed by atoms with Gasteiger partial charge in [0.05, 0.1) is 27.7 Å². The van der Waals surface area contributed by atoms with Crippen LogP contribution in [0.15, 0.2) is 60.8 Å². The Kier molecular flexibility index (Phi) is 38.5. The minimum Gasteiger partial charge on any atom is -0.756 e. The first kappa shape index (κ1) is 55.7. The summed E-state index contributed by atoms with van der Waals surface area (Å²) in [5, 5.41) is 0. The van der Waals surface area contributed by atoms with Gasteiger partial charge in [-0.25, -0.2) is 0 Å². The third kappa shape index (κ3) is 43.3. The lowest BCUT2D eigenvalue weighted by molar-refractivity contribution is -0.870. The van der Waals surface area contributed by atoms with Crippen LogP contribution in [0.25, 0.3) is 0 Å². The zero-order valence-corrected chi connectivity index (χ0v) is 38.6. The van der Waals surface area contributed by atoms with Crippen molar-refractivity contribution < 1.29 is 42.1 Å². The smallest absolute Gasteiger partial charge is 0.306 e. The van der Waals surface area contributed by atoms with Gasteiger partial charge in [0, 0.05) is 12.8 Å². The molecule has 0 amide bonds. The second-order valence-corrected chi connectivity index (χ2v) is 17.9. The van der Waals surface area contributed by atoms with E-state index < -0.39 is 32.5 Å². The quantitative estimate of drug-likeness (QED) is 0.0197. The van der Waals surface area contributed by atoms with E-state index in [-0.39, 0.29) is 26.1 Å². The van der Waals surface area contributed by atoms with E-state index in [0.717, 1.165) is 25.7 Å². The zero-order chi connectivity index (χ0) is 42.8. The summed E-state index contributed by atoms with van der Waals surface area (Å²) in [6.07, 6.45) is 48.5. The molecule has 58 heavy (non-hydrogen) atoms. The normalized spacial score (nSPS) is 14.1. The summed E-state index contributed by atoms with van der Waals surface area (Å²) in [5.41, 5.74) is 0. The molecule has 10 heteroatoms. The van der Waals surface area contributed by atoms with Gasteiger partial charge in [-0.3, -0.25) is 14.2 Å². The molecule has 0 aromatic heterocycles. The SMILES string of the molecule is CC/C=C/C=C/C=C/C=C/C=C/CCCC(=O)OC(COC(=O)CCCCCCCCCCCCCCCCCCCCCCC)COP(=O)([O-])OCC[N+](C)(C)C. The molecule has 0 heterocycles. The van der Waals surface area contributed by atoms with Gasteiger partial charge in [-0.15, -0.1) is 0 Å². The first-order chi connectivity index (χ1) is 28.0. The minimum absolute atomic E-state index is 0.0457. The number of hydrogen-bond donors (Lipinski definition) is 0. The summed E-state index contributed by atoms with van der Waals surface area (Å²) in [7, 11) is 1.12. The summed E-state index contributed by atoms with van der Waals surface area (Å²) in [5.74, 6) is -0.919. The fraction of sp³-hybridized carbons (Fsp3) is 0.750. The van der Waals surface area contributed by atoms with Crippen LogP contribution in [0.4, 0.5) is 0 Å². The third-order valence-corrected chi connectivity index (χ3v) is 10.6. The van der Waals surface area contributed by atoms with Gasteiger partial charge in [-0.05, 0) is 25.7 Å². The molecule has 0 spiro atoms. The van der Waals surface area contributed by atoms with Crippen molar-refractivity contribution in [3.8, 4) is 0 Å². The van der Waals surface area contributed by atoms with E-state index in [9.17, 15) is 19.0 Å². The predicted molar refractivity (Wildman–Crippen MR) is 240 cm³/mol. The molecular weight excluding hydrogens is 750 g/mol. The Labute approximate surface area is 356 Å². The van der Waals surface area contributed by atoms with Crippen molar-refractivity contribution in [2.24, 2.45) is 0 Å². The van der Waals surface area contributed by atoms with Gasteiger partial charge in [0.25, 0.3) is 7.82 Å². The first-order valence-corrected chi connectivity index (χ1v) is 24.5. The molecule has 0 bridgehead atoms. The number of carbonyl (C=O) groups is 2. The summed E-state index contributed by atoms with van der Waals surface area (Å²) >= 11 is 0. The van der Waals surface area contributed by atoms with E-state index in [1.165, 1.54) is 116 Å². The van der Waals surface area contributed by atoms with Crippen molar-refractivity contribution in [3.63, 3.8) is 0 Å². The number of ether oxygens (including phenoxy) is 2. The van der Waals surface area contributed by atoms with E-state index in [2.05, 4.69) is 19.9 Å². The van der Waals surface area contributed by atoms with Gasteiger partial charge in [0.15, 0.2) is 6.10 Å². The molecular formula is C48H86NO8P.